The first kappa shape index (κ1) is 22.8. The summed E-state index contributed by atoms with van der Waals surface area (Å²) >= 11 is 0. The molecule has 1 amide bonds. The van der Waals surface area contributed by atoms with Gasteiger partial charge in [-0.3, -0.25) is 14.5 Å². The minimum atomic E-state index is -1.12. The number of halogens is 1. The van der Waals surface area contributed by atoms with Crippen LogP contribution in [0.5, 0.6) is 17.2 Å². The number of aryl methyl sites for hydroxylation is 1. The largest absolute Gasteiger partial charge is 0.507 e. The third kappa shape index (κ3) is 3.72. The van der Waals surface area contributed by atoms with Crippen molar-refractivity contribution in [1.29, 1.82) is 0 Å². The van der Waals surface area contributed by atoms with Crippen LogP contribution in [0, 0.1) is 12.7 Å². The number of rotatable bonds is 6. The maximum Gasteiger partial charge on any atom is 0.301 e. The lowest BCUT2D eigenvalue weighted by Gasteiger charge is -2.24. The highest BCUT2D eigenvalue weighted by Gasteiger charge is 2.48. The fraction of sp³-hybridized carbons (Fsp3) is 0.208. The number of hydrogen-bond donors (Lipinski definition) is 1. The summed E-state index contributed by atoms with van der Waals surface area (Å²) in [5, 5.41) is 15.0. The number of aromatic nitrogens is 1. The quantitative estimate of drug-likeness (QED) is 0.331. The van der Waals surface area contributed by atoms with Crippen molar-refractivity contribution in [3.63, 3.8) is 0 Å². The van der Waals surface area contributed by atoms with Gasteiger partial charge in [0, 0.05) is 11.6 Å². The molecule has 0 spiro atoms. The number of benzene rings is 2. The van der Waals surface area contributed by atoms with Gasteiger partial charge in [0.05, 0.1) is 32.9 Å². The summed E-state index contributed by atoms with van der Waals surface area (Å²) in [5.74, 6) is -1.49. The molecule has 0 saturated carbocycles. The minimum absolute atomic E-state index is 0.0801. The second kappa shape index (κ2) is 8.89. The number of nitrogens with zero attached hydrogens (tertiary/aromatic N) is 2. The zero-order chi connectivity index (χ0) is 24.6. The summed E-state index contributed by atoms with van der Waals surface area (Å²) in [6.45, 7) is 1.64. The Morgan fingerprint density at radius 1 is 1.03 bits per heavy atom. The van der Waals surface area contributed by atoms with Crippen LogP contribution >= 0.6 is 0 Å². The zero-order valence-electron chi connectivity index (χ0n) is 18.8. The molecule has 1 aliphatic rings. The Balaban J connectivity index is 2.00. The number of ether oxygens (including phenoxy) is 3. The maximum atomic E-state index is 13.4. The van der Waals surface area contributed by atoms with Crippen molar-refractivity contribution in [3.05, 3.63) is 70.7 Å². The van der Waals surface area contributed by atoms with Crippen LogP contribution in [0.25, 0.3) is 5.76 Å². The van der Waals surface area contributed by atoms with Crippen LogP contribution in [0.3, 0.4) is 0 Å². The Bertz CT molecular complexity index is 1270. The van der Waals surface area contributed by atoms with E-state index in [1.807, 2.05) is 0 Å². The number of aliphatic hydroxyl groups excluding tert-OH is 1. The fourth-order valence-corrected chi connectivity index (χ4v) is 3.87. The first-order chi connectivity index (χ1) is 16.3. The highest BCUT2D eigenvalue weighted by Crippen LogP contribution is 2.46. The molecule has 0 radical (unpaired) electrons. The predicted molar refractivity (Wildman–Crippen MR) is 119 cm³/mol. The standard InChI is InChI=1S/C24H21FN2O7/c1-12-9-18(26-34-12)27-20(14-10-16(31-2)23(33-4)17(11-14)32-3)19(22(29)24(27)30)21(28)13-5-7-15(25)8-6-13/h5-11,20,28H,1-4H3/b21-19+/t20-/m0/s1. The van der Waals surface area contributed by atoms with Gasteiger partial charge in [-0.1, -0.05) is 5.16 Å². The van der Waals surface area contributed by atoms with Gasteiger partial charge in [0.15, 0.2) is 17.3 Å². The number of carbonyl (C=O) groups excluding carboxylic acids is 2. The summed E-state index contributed by atoms with van der Waals surface area (Å²) in [6.07, 6.45) is 0. The molecule has 1 aromatic heterocycles. The van der Waals surface area contributed by atoms with Gasteiger partial charge >= 0.3 is 5.91 Å². The van der Waals surface area contributed by atoms with Crippen molar-refractivity contribution < 1.29 is 37.8 Å². The van der Waals surface area contributed by atoms with Crippen LogP contribution in [0.2, 0.25) is 0 Å². The molecule has 34 heavy (non-hydrogen) atoms. The molecule has 2 aromatic carbocycles. The van der Waals surface area contributed by atoms with E-state index in [0.29, 0.717) is 17.1 Å². The molecule has 10 heteroatoms. The Kier molecular flexibility index (Phi) is 5.97. The van der Waals surface area contributed by atoms with Crippen LogP contribution in [0.4, 0.5) is 10.2 Å². The molecule has 0 aliphatic carbocycles. The normalized spacial score (nSPS) is 17.2. The van der Waals surface area contributed by atoms with Gasteiger partial charge in [-0.05, 0) is 48.9 Å². The van der Waals surface area contributed by atoms with Gasteiger partial charge in [0.1, 0.15) is 17.3 Å². The Hall–Kier alpha value is -4.34. The van der Waals surface area contributed by atoms with Crippen LogP contribution in [0.1, 0.15) is 22.9 Å². The van der Waals surface area contributed by atoms with Gasteiger partial charge in [0.25, 0.3) is 5.78 Å². The lowest BCUT2D eigenvalue weighted by molar-refractivity contribution is -0.132. The fourth-order valence-electron chi connectivity index (χ4n) is 3.87. The molecule has 1 saturated heterocycles. The first-order valence-electron chi connectivity index (χ1n) is 10.1. The second-order valence-electron chi connectivity index (χ2n) is 7.43. The molecule has 3 aromatic rings. The van der Waals surface area contributed by atoms with E-state index in [-0.39, 0.29) is 28.5 Å². The van der Waals surface area contributed by atoms with E-state index in [1.165, 1.54) is 39.5 Å². The van der Waals surface area contributed by atoms with Gasteiger partial charge in [-0.15, -0.1) is 0 Å². The summed E-state index contributed by atoms with van der Waals surface area (Å²) < 4.78 is 34.8. The van der Waals surface area contributed by atoms with E-state index in [1.54, 1.807) is 19.1 Å². The number of ketones is 1. The van der Waals surface area contributed by atoms with E-state index in [0.717, 1.165) is 17.0 Å². The molecular formula is C24H21FN2O7. The topological polar surface area (TPSA) is 111 Å². The lowest BCUT2D eigenvalue weighted by Crippen LogP contribution is -2.29. The van der Waals surface area contributed by atoms with Gasteiger partial charge in [-0.25, -0.2) is 4.39 Å². The first-order valence-corrected chi connectivity index (χ1v) is 10.1. The van der Waals surface area contributed by atoms with Crippen LogP contribution in [0.15, 0.2) is 52.6 Å². The second-order valence-corrected chi connectivity index (χ2v) is 7.43. The van der Waals surface area contributed by atoms with E-state index in [4.69, 9.17) is 18.7 Å². The SMILES string of the molecule is COc1cc([C@H]2/C(=C(\O)c3ccc(F)cc3)C(=O)C(=O)N2c2cc(C)on2)cc(OC)c1OC. The third-order valence-corrected chi connectivity index (χ3v) is 5.43. The average molecular weight is 468 g/mol. The van der Waals surface area contributed by atoms with E-state index < -0.39 is 29.3 Å². The highest BCUT2D eigenvalue weighted by atomic mass is 19.1. The van der Waals surface area contributed by atoms with Crippen LogP contribution in [-0.2, 0) is 9.59 Å². The van der Waals surface area contributed by atoms with Crippen molar-refractivity contribution in [3.8, 4) is 17.2 Å². The Morgan fingerprint density at radius 3 is 2.15 bits per heavy atom. The molecule has 176 valence electrons. The number of carbonyl (C=O) groups is 2. The number of methoxy groups -OCH3 is 3. The van der Waals surface area contributed by atoms with Gasteiger partial charge in [0.2, 0.25) is 5.75 Å². The van der Waals surface area contributed by atoms with E-state index in [2.05, 4.69) is 5.16 Å². The van der Waals surface area contributed by atoms with Crippen LogP contribution in [-0.4, -0.2) is 43.3 Å². The molecule has 9 nitrogen and oxygen atoms in total. The average Bonchev–Trinajstić information content (AvgIpc) is 3.38. The molecule has 0 unspecified atom stereocenters. The van der Waals surface area contributed by atoms with Gasteiger partial charge in [-0.2, -0.15) is 0 Å². The molecule has 1 aliphatic heterocycles. The van der Waals surface area contributed by atoms with Crippen molar-refractivity contribution >= 4 is 23.3 Å². The van der Waals surface area contributed by atoms with Crippen molar-refractivity contribution in [2.24, 2.45) is 0 Å². The maximum absolute atomic E-state index is 13.4. The van der Waals surface area contributed by atoms with Crippen LogP contribution < -0.4 is 19.1 Å². The minimum Gasteiger partial charge on any atom is -0.507 e. The molecule has 1 atom stereocenters. The van der Waals surface area contributed by atoms with Gasteiger partial charge < -0.3 is 23.8 Å². The summed E-state index contributed by atoms with van der Waals surface area (Å²) in [6, 6.07) is 8.40. The number of hydrogen-bond acceptors (Lipinski definition) is 8. The van der Waals surface area contributed by atoms with E-state index >= 15 is 0 Å². The smallest absolute Gasteiger partial charge is 0.301 e. The third-order valence-electron chi connectivity index (χ3n) is 5.43. The predicted octanol–water partition coefficient (Wildman–Crippen LogP) is 3.77. The number of aliphatic hydroxyl groups is 1. The molecule has 2 heterocycles. The van der Waals surface area contributed by atoms with Crippen molar-refractivity contribution in [2.45, 2.75) is 13.0 Å². The molecule has 4 rings (SSSR count). The van der Waals surface area contributed by atoms with Crippen molar-refractivity contribution in [2.75, 3.05) is 26.2 Å². The highest BCUT2D eigenvalue weighted by molar-refractivity contribution is 6.51. The summed E-state index contributed by atoms with van der Waals surface area (Å²) in [7, 11) is 4.30. The zero-order valence-corrected chi connectivity index (χ0v) is 18.8. The Labute approximate surface area is 193 Å². The summed E-state index contributed by atoms with van der Waals surface area (Å²) in [4.78, 5) is 27.4. The monoisotopic (exact) mass is 468 g/mol. The lowest BCUT2D eigenvalue weighted by atomic mass is 9.94. The summed E-state index contributed by atoms with van der Waals surface area (Å²) in [5.41, 5.74) is 0.317. The number of Topliss-reactive ketones (excluding diaryl/α,β-unsaturated/α-hetero) is 1. The Morgan fingerprint density at radius 2 is 1.65 bits per heavy atom. The molecule has 1 fully saturated rings. The number of anilines is 1. The number of amides is 1. The molecular weight excluding hydrogens is 447 g/mol. The molecule has 0 bridgehead atoms. The van der Waals surface area contributed by atoms with Crippen molar-refractivity contribution in [1.82, 2.24) is 5.16 Å². The molecule has 1 N–H and O–H groups in total. The van der Waals surface area contributed by atoms with E-state index in [9.17, 15) is 19.1 Å².